The minimum atomic E-state index is -3.51. The van der Waals surface area contributed by atoms with E-state index in [9.17, 15) is 12.8 Å². The number of rotatable bonds is 6. The van der Waals surface area contributed by atoms with Gasteiger partial charge in [0, 0.05) is 18.7 Å². The van der Waals surface area contributed by atoms with Gasteiger partial charge < -0.3 is 10.6 Å². The highest BCUT2D eigenvalue weighted by molar-refractivity contribution is 14.0. The van der Waals surface area contributed by atoms with Gasteiger partial charge in [-0.2, -0.15) is 0 Å². The zero-order valence-electron chi connectivity index (χ0n) is 11.7. The van der Waals surface area contributed by atoms with Gasteiger partial charge >= 0.3 is 0 Å². The Balaban J connectivity index is 0.00000400. The van der Waals surface area contributed by atoms with Crippen LogP contribution in [0.25, 0.3) is 0 Å². The highest BCUT2D eigenvalue weighted by atomic mass is 127. The van der Waals surface area contributed by atoms with Crippen molar-refractivity contribution in [1.82, 2.24) is 10.6 Å². The van der Waals surface area contributed by atoms with E-state index in [0.717, 1.165) is 0 Å². The zero-order valence-corrected chi connectivity index (χ0v) is 14.8. The van der Waals surface area contributed by atoms with Crippen molar-refractivity contribution >= 4 is 40.0 Å². The molecule has 0 spiro atoms. The van der Waals surface area contributed by atoms with Crippen LogP contribution >= 0.6 is 24.0 Å². The number of hydrogen-bond acceptors (Lipinski definition) is 3. The fourth-order valence-corrected chi connectivity index (χ4v) is 1.83. The molecule has 0 aliphatic rings. The van der Waals surface area contributed by atoms with Gasteiger partial charge in [0.15, 0.2) is 5.96 Å². The highest BCUT2D eigenvalue weighted by Crippen LogP contribution is 2.07. The van der Waals surface area contributed by atoms with Crippen molar-refractivity contribution in [2.45, 2.75) is 13.5 Å². The molecule has 4 N–H and O–H groups in total. The second-order valence-electron chi connectivity index (χ2n) is 4.08. The number of aliphatic imine (C=N–C) groups is 1. The van der Waals surface area contributed by atoms with E-state index in [2.05, 4.69) is 15.6 Å². The fraction of sp³-hybridized carbons (Fsp3) is 0.417. The molecular formula is C12H20FIN4O2S. The van der Waals surface area contributed by atoms with Crippen LogP contribution in [0.2, 0.25) is 0 Å². The average molecular weight is 430 g/mol. The number of guanidine groups is 1. The summed E-state index contributed by atoms with van der Waals surface area (Å²) in [5.41, 5.74) is 0.469. The van der Waals surface area contributed by atoms with E-state index in [1.165, 1.54) is 6.07 Å². The second-order valence-corrected chi connectivity index (χ2v) is 5.81. The van der Waals surface area contributed by atoms with E-state index in [-0.39, 0.29) is 48.6 Å². The second kappa shape index (κ2) is 9.90. The summed E-state index contributed by atoms with van der Waals surface area (Å²) in [6.45, 7) is 2.79. The molecule has 9 heteroatoms. The Kier molecular flexibility index (Phi) is 9.46. The smallest absolute Gasteiger partial charge is 0.210 e. The van der Waals surface area contributed by atoms with E-state index in [1.807, 2.05) is 6.92 Å². The first-order valence-corrected chi connectivity index (χ1v) is 7.90. The van der Waals surface area contributed by atoms with Crippen LogP contribution in [0, 0.1) is 5.82 Å². The summed E-state index contributed by atoms with van der Waals surface area (Å²) in [7, 11) is -3.51. The summed E-state index contributed by atoms with van der Waals surface area (Å²) >= 11 is 0. The Morgan fingerprint density at radius 2 is 2.00 bits per heavy atom. The first kappa shape index (κ1) is 20.1. The Labute approximate surface area is 141 Å². The molecule has 0 heterocycles. The van der Waals surface area contributed by atoms with Crippen LogP contribution in [0.5, 0.6) is 0 Å². The molecule has 0 radical (unpaired) electrons. The van der Waals surface area contributed by atoms with Crippen molar-refractivity contribution in [3.8, 4) is 0 Å². The number of hydrogen-bond donors (Lipinski definition) is 3. The van der Waals surface area contributed by atoms with Crippen molar-refractivity contribution in [3.63, 3.8) is 0 Å². The van der Waals surface area contributed by atoms with Crippen LogP contribution in [-0.4, -0.2) is 33.2 Å². The highest BCUT2D eigenvalue weighted by Gasteiger charge is 2.04. The molecule has 0 unspecified atom stereocenters. The molecule has 0 saturated heterocycles. The number of nitrogens with one attached hydrogen (secondary N) is 2. The van der Waals surface area contributed by atoms with Crippen LogP contribution in [-0.2, 0) is 16.6 Å². The quantitative estimate of drug-likeness (QED) is 0.353. The lowest BCUT2D eigenvalue weighted by atomic mass is 10.2. The Bertz CT molecular complexity index is 566. The van der Waals surface area contributed by atoms with Crippen molar-refractivity contribution in [1.29, 1.82) is 0 Å². The molecule has 1 rings (SSSR count). The van der Waals surface area contributed by atoms with Gasteiger partial charge in [-0.1, -0.05) is 18.2 Å². The fourth-order valence-electron chi connectivity index (χ4n) is 1.44. The van der Waals surface area contributed by atoms with Gasteiger partial charge in [0.1, 0.15) is 5.82 Å². The standard InChI is InChI=1S/C12H19FN4O2S.HI/c1-2-15-12(16-7-8-20(14,18)19)17-9-10-5-3-4-6-11(10)13;/h3-6H,2,7-9H2,1H3,(H2,14,18,19)(H2,15,16,17);1H. The Morgan fingerprint density at radius 1 is 1.33 bits per heavy atom. The molecular weight excluding hydrogens is 410 g/mol. The van der Waals surface area contributed by atoms with Gasteiger partial charge in [-0.25, -0.2) is 22.9 Å². The van der Waals surface area contributed by atoms with Crippen LogP contribution in [0.4, 0.5) is 4.39 Å². The number of halogens is 2. The Hall–Kier alpha value is -0.940. The van der Waals surface area contributed by atoms with E-state index in [1.54, 1.807) is 18.2 Å². The maximum Gasteiger partial charge on any atom is 0.210 e. The summed E-state index contributed by atoms with van der Waals surface area (Å²) in [4.78, 5) is 4.18. The largest absolute Gasteiger partial charge is 0.357 e. The van der Waals surface area contributed by atoms with Crippen LogP contribution in [0.1, 0.15) is 12.5 Å². The SMILES string of the molecule is CCNC(=NCc1ccccc1F)NCCS(N)(=O)=O.I. The predicted molar refractivity (Wildman–Crippen MR) is 92.6 cm³/mol. The number of sulfonamides is 1. The lowest BCUT2D eigenvalue weighted by molar-refractivity contribution is 0.596. The molecule has 6 nitrogen and oxygen atoms in total. The number of nitrogens with two attached hydrogens (primary N) is 1. The first-order chi connectivity index (χ1) is 9.42. The Morgan fingerprint density at radius 3 is 2.57 bits per heavy atom. The van der Waals surface area contributed by atoms with Crippen molar-refractivity contribution in [2.75, 3.05) is 18.8 Å². The molecule has 1 aromatic rings. The third kappa shape index (κ3) is 8.83. The maximum absolute atomic E-state index is 13.4. The van der Waals surface area contributed by atoms with E-state index < -0.39 is 10.0 Å². The van der Waals surface area contributed by atoms with Crippen molar-refractivity contribution in [2.24, 2.45) is 10.1 Å². The molecule has 0 aliphatic carbocycles. The first-order valence-electron chi connectivity index (χ1n) is 6.18. The van der Waals surface area contributed by atoms with Crippen molar-refractivity contribution < 1.29 is 12.8 Å². The topological polar surface area (TPSA) is 96.6 Å². The third-order valence-corrected chi connectivity index (χ3v) is 3.16. The van der Waals surface area contributed by atoms with Gasteiger partial charge in [0.25, 0.3) is 0 Å². The molecule has 120 valence electrons. The minimum absolute atomic E-state index is 0. The molecule has 0 saturated carbocycles. The molecule has 0 bridgehead atoms. The van der Waals surface area contributed by atoms with Gasteiger partial charge in [-0.15, -0.1) is 24.0 Å². The van der Waals surface area contributed by atoms with Gasteiger partial charge in [-0.3, -0.25) is 0 Å². The summed E-state index contributed by atoms with van der Waals surface area (Å²) in [5, 5.41) is 10.7. The van der Waals surface area contributed by atoms with Crippen LogP contribution in [0.15, 0.2) is 29.3 Å². The van der Waals surface area contributed by atoms with Gasteiger partial charge in [-0.05, 0) is 13.0 Å². The number of benzene rings is 1. The molecule has 0 aromatic heterocycles. The number of primary sulfonamides is 1. The molecule has 0 atom stereocenters. The predicted octanol–water partition coefficient (Wildman–Crippen LogP) is 0.787. The van der Waals surface area contributed by atoms with E-state index in [0.29, 0.717) is 18.1 Å². The summed E-state index contributed by atoms with van der Waals surface area (Å²) < 4.78 is 35.1. The average Bonchev–Trinajstić information content (AvgIpc) is 2.36. The summed E-state index contributed by atoms with van der Waals surface area (Å²) in [6, 6.07) is 6.35. The normalized spacial score (nSPS) is 11.7. The van der Waals surface area contributed by atoms with Gasteiger partial charge in [0.05, 0.1) is 12.3 Å². The summed E-state index contributed by atoms with van der Waals surface area (Å²) in [6.07, 6.45) is 0. The zero-order chi connectivity index (χ0) is 15.0. The lowest BCUT2D eigenvalue weighted by Gasteiger charge is -2.10. The monoisotopic (exact) mass is 430 g/mol. The lowest BCUT2D eigenvalue weighted by Crippen LogP contribution is -2.40. The molecule has 1 aromatic carbocycles. The van der Waals surface area contributed by atoms with Crippen LogP contribution < -0.4 is 15.8 Å². The van der Waals surface area contributed by atoms with E-state index in [4.69, 9.17) is 5.14 Å². The molecule has 21 heavy (non-hydrogen) atoms. The molecule has 0 fully saturated rings. The van der Waals surface area contributed by atoms with E-state index >= 15 is 0 Å². The molecule has 0 aliphatic heterocycles. The maximum atomic E-state index is 13.4. The third-order valence-electron chi connectivity index (χ3n) is 2.39. The van der Waals surface area contributed by atoms with Crippen LogP contribution in [0.3, 0.4) is 0 Å². The van der Waals surface area contributed by atoms with Crippen molar-refractivity contribution in [3.05, 3.63) is 35.6 Å². The number of nitrogens with zero attached hydrogens (tertiary/aromatic N) is 1. The minimum Gasteiger partial charge on any atom is -0.357 e. The summed E-state index contributed by atoms with van der Waals surface area (Å²) in [5.74, 6) is -0.104. The van der Waals surface area contributed by atoms with Gasteiger partial charge in [0.2, 0.25) is 10.0 Å². The molecule has 0 amide bonds.